The average Bonchev–Trinajstić information content (AvgIpc) is 2.63. The zero-order chi connectivity index (χ0) is 60.7. The summed E-state index contributed by atoms with van der Waals surface area (Å²) in [6.07, 6.45) is 5.91. The molecule has 15 aromatic rings. The first-order valence-corrected chi connectivity index (χ1v) is 30.0. The molecule has 0 aliphatic heterocycles. The average molecular weight is 1180 g/mol. The third kappa shape index (κ3) is 11.6. The molecule has 0 bridgehead atoms. The second kappa shape index (κ2) is 24.9. The zero-order valence-corrected chi connectivity index (χ0v) is 49.2. The molecule has 15 rings (SSSR count). The predicted molar refractivity (Wildman–Crippen MR) is 366 cm³/mol. The monoisotopic (exact) mass is 1180 g/mol. The Morgan fingerprint density at radius 2 is 0.341 bits per heavy atom. The molecule has 0 spiro atoms. The highest BCUT2D eigenvalue weighted by molar-refractivity contribution is 5.82. The molecule has 0 radical (unpaired) electrons. The molecule has 3 aromatic heterocycles. The molecule has 0 amide bonds. The second-order valence-electron chi connectivity index (χ2n) is 21.7. The number of para-hydroxylation sites is 6. The van der Waals surface area contributed by atoms with Gasteiger partial charge in [-0.25, -0.2) is 14.0 Å². The van der Waals surface area contributed by atoms with E-state index >= 15 is 0 Å². The van der Waals surface area contributed by atoms with Gasteiger partial charge >= 0.3 is 0 Å². The number of hydrogen-bond acceptors (Lipinski definition) is 10. The van der Waals surface area contributed by atoms with E-state index in [0.29, 0.717) is 0 Å². The van der Waals surface area contributed by atoms with Gasteiger partial charge in [-0.15, -0.1) is 15.3 Å². The number of rotatable bonds is 18. The fourth-order valence-corrected chi connectivity index (χ4v) is 11.4. The number of benzene rings is 12. The minimum absolute atomic E-state index is 0.752. The second-order valence-corrected chi connectivity index (χ2v) is 21.7. The first kappa shape index (κ1) is 54.9. The maximum Gasteiger partial charge on any atom is 0.113 e. The van der Waals surface area contributed by atoms with Gasteiger partial charge in [0.05, 0.1) is 35.7 Å². The van der Waals surface area contributed by atoms with Gasteiger partial charge in [-0.05, 0) is 182 Å². The van der Waals surface area contributed by atoms with Crippen LogP contribution >= 0.6 is 0 Å². The number of anilines is 12. The van der Waals surface area contributed by atoms with E-state index in [1.54, 1.807) is 0 Å². The first-order valence-electron chi connectivity index (χ1n) is 30.0. The van der Waals surface area contributed by atoms with E-state index in [2.05, 4.69) is 342 Å². The van der Waals surface area contributed by atoms with Gasteiger partial charge in [-0.1, -0.05) is 161 Å². The minimum atomic E-state index is 0.752. The molecular formula is C78H57N13. The molecule has 434 valence electrons. The summed E-state index contributed by atoms with van der Waals surface area (Å²) in [4.78, 5) is 8.96. The summed E-state index contributed by atoms with van der Waals surface area (Å²) < 4.78 is 5.46. The highest BCUT2D eigenvalue weighted by Gasteiger charge is 2.19. The molecule has 0 N–H and O–H groups in total. The number of aromatic nitrogens is 9. The van der Waals surface area contributed by atoms with E-state index < -0.39 is 0 Å². The van der Waals surface area contributed by atoms with Crippen molar-refractivity contribution in [3.63, 3.8) is 0 Å². The lowest BCUT2D eigenvalue weighted by atomic mass is 10.1. The molecule has 13 nitrogen and oxygen atoms in total. The molecule has 91 heavy (non-hydrogen) atoms. The van der Waals surface area contributed by atoms with Crippen molar-refractivity contribution in [1.82, 2.24) is 45.0 Å². The van der Waals surface area contributed by atoms with Gasteiger partial charge in [0.15, 0.2) is 0 Å². The molecule has 0 fully saturated rings. The molecule has 0 aliphatic rings. The molecule has 0 aliphatic carbocycles. The highest BCUT2D eigenvalue weighted by atomic mass is 15.4. The fourth-order valence-electron chi connectivity index (χ4n) is 11.4. The van der Waals surface area contributed by atoms with Crippen LogP contribution in [0.1, 0.15) is 0 Å². The van der Waals surface area contributed by atoms with Gasteiger partial charge in [0.1, 0.15) is 17.1 Å². The predicted octanol–water partition coefficient (Wildman–Crippen LogP) is 19.3. The Morgan fingerprint density at radius 3 is 0.527 bits per heavy atom. The van der Waals surface area contributed by atoms with Crippen molar-refractivity contribution < 1.29 is 0 Å². The van der Waals surface area contributed by atoms with Crippen molar-refractivity contribution in [2.24, 2.45) is 0 Å². The molecular weight excluding hydrogens is 1120 g/mol. The Labute approximate surface area is 527 Å². The van der Waals surface area contributed by atoms with Crippen molar-refractivity contribution in [3.05, 3.63) is 346 Å². The quantitative estimate of drug-likeness (QED) is 0.0825. The van der Waals surface area contributed by atoms with E-state index in [0.717, 1.165) is 119 Å². The fraction of sp³-hybridized carbons (Fsp3) is 0. The van der Waals surface area contributed by atoms with Crippen molar-refractivity contribution in [2.45, 2.75) is 0 Å². The molecule has 0 atom stereocenters. The molecule has 0 saturated heterocycles. The summed E-state index contributed by atoms with van der Waals surface area (Å²) in [5.41, 5.74) is 20.2. The lowest BCUT2D eigenvalue weighted by Gasteiger charge is -2.26. The van der Waals surface area contributed by atoms with Gasteiger partial charge in [0.2, 0.25) is 0 Å². The Bertz CT molecular complexity index is 4200. The molecule has 0 unspecified atom stereocenters. The van der Waals surface area contributed by atoms with Crippen molar-refractivity contribution in [1.29, 1.82) is 0 Å². The Kier molecular flexibility index (Phi) is 15.0. The van der Waals surface area contributed by atoms with Gasteiger partial charge in [-0.3, -0.25) is 0 Å². The van der Waals surface area contributed by atoms with Crippen LogP contribution in [0.3, 0.4) is 0 Å². The van der Waals surface area contributed by atoms with Crippen LogP contribution in [0, 0.1) is 0 Å². The maximum absolute atomic E-state index is 4.65. The first-order chi connectivity index (χ1) is 45.1. The van der Waals surface area contributed by atoms with E-state index in [-0.39, 0.29) is 0 Å². The zero-order valence-electron chi connectivity index (χ0n) is 49.2. The van der Waals surface area contributed by atoms with Gasteiger partial charge < -0.3 is 19.6 Å². The van der Waals surface area contributed by atoms with Crippen molar-refractivity contribution in [3.8, 4) is 50.8 Å². The van der Waals surface area contributed by atoms with Gasteiger partial charge in [0.25, 0.3) is 0 Å². The summed E-state index contributed by atoms with van der Waals surface area (Å²) in [6, 6.07) is 113. The third-order valence-electron chi connectivity index (χ3n) is 15.9. The van der Waals surface area contributed by atoms with Crippen LogP contribution in [0.15, 0.2) is 346 Å². The third-order valence-corrected chi connectivity index (χ3v) is 15.9. The SMILES string of the molecule is c1ccc(N(c2ccccc2)c2ccc(-n3cc(-c4ccc(N(c5ccc(-c6cn(-c7ccc(N(c8ccccc8)c8ccccc8)cc7)nn6)cc5)c5ccc(-c6cn(-c7ccc(N(c8ccccc8)c8ccccc8)cc7)nn6)cc5)cc4)nn3)cc2)cc1. The molecule has 3 heterocycles. The maximum atomic E-state index is 4.65. The van der Waals surface area contributed by atoms with Crippen LogP contribution in [0.5, 0.6) is 0 Å². The largest absolute Gasteiger partial charge is 0.311 e. The minimum Gasteiger partial charge on any atom is -0.311 e. The molecule has 13 heteroatoms. The van der Waals surface area contributed by atoms with Gasteiger partial charge in [0, 0.05) is 84.9 Å². The standard InChI is InChI=1S/C78H57N13/c1-7-19-64(20-8-1)88(65-21-9-2-10-22-65)73-49-43-61(44-50-73)85-55-76(79-82-85)58-31-37-70(38-32-58)91(71-39-33-59(34-40-71)77-56-86(83-80-77)62-45-51-74(52-46-62)89(66-23-11-3-12-24-66)67-25-13-4-14-26-67)72-41-35-60(36-42-72)78-57-87(84-81-78)63-47-53-75(54-48-63)90(68-27-15-5-16-28-68)69-29-17-6-18-30-69/h1-57H. The van der Waals surface area contributed by atoms with Crippen LogP contribution in [-0.2, 0) is 0 Å². The van der Waals surface area contributed by atoms with Crippen molar-refractivity contribution in [2.75, 3.05) is 19.6 Å². The lowest BCUT2D eigenvalue weighted by molar-refractivity contribution is 0.804. The topological polar surface area (TPSA) is 105 Å². The van der Waals surface area contributed by atoms with Crippen LogP contribution in [-0.4, -0.2) is 45.0 Å². The van der Waals surface area contributed by atoms with Crippen LogP contribution in [0.4, 0.5) is 68.2 Å². The molecule has 12 aromatic carbocycles. The van der Waals surface area contributed by atoms with E-state index in [4.69, 9.17) is 0 Å². The highest BCUT2D eigenvalue weighted by Crippen LogP contribution is 2.41. The molecule has 0 saturated carbocycles. The van der Waals surface area contributed by atoms with Crippen LogP contribution in [0.2, 0.25) is 0 Å². The van der Waals surface area contributed by atoms with E-state index in [1.807, 2.05) is 69.0 Å². The van der Waals surface area contributed by atoms with E-state index in [1.165, 1.54) is 0 Å². The lowest BCUT2D eigenvalue weighted by Crippen LogP contribution is -2.09. The summed E-state index contributed by atoms with van der Waals surface area (Å²) in [7, 11) is 0. The summed E-state index contributed by atoms with van der Waals surface area (Å²) in [5, 5.41) is 27.7. The summed E-state index contributed by atoms with van der Waals surface area (Å²) in [6.45, 7) is 0. The number of hydrogen-bond donors (Lipinski definition) is 0. The van der Waals surface area contributed by atoms with Crippen molar-refractivity contribution >= 4 is 68.2 Å². The Morgan fingerprint density at radius 1 is 0.176 bits per heavy atom. The number of nitrogens with zero attached hydrogens (tertiary/aromatic N) is 13. The normalized spacial score (nSPS) is 11.1. The van der Waals surface area contributed by atoms with E-state index in [9.17, 15) is 0 Å². The van der Waals surface area contributed by atoms with Gasteiger partial charge in [-0.2, -0.15) is 0 Å². The summed E-state index contributed by atoms with van der Waals surface area (Å²) in [5.74, 6) is 0. The van der Waals surface area contributed by atoms with Crippen LogP contribution < -0.4 is 19.6 Å². The Balaban J connectivity index is 0.701. The summed E-state index contributed by atoms with van der Waals surface area (Å²) >= 11 is 0. The van der Waals surface area contributed by atoms with Crippen LogP contribution in [0.25, 0.3) is 50.8 Å². The Hall–Kier alpha value is -12.7. The smallest absolute Gasteiger partial charge is 0.113 e.